The zero-order valence-electron chi connectivity index (χ0n) is 34.8. The summed E-state index contributed by atoms with van der Waals surface area (Å²) in [5.41, 5.74) is 22.1. The highest BCUT2D eigenvalue weighted by molar-refractivity contribution is 5.78. The highest BCUT2D eigenvalue weighted by Crippen LogP contribution is 2.39. The van der Waals surface area contributed by atoms with Crippen molar-refractivity contribution in [3.8, 4) is 33.4 Å². The van der Waals surface area contributed by atoms with E-state index in [0.29, 0.717) is 0 Å². The third kappa shape index (κ3) is 10.5. The van der Waals surface area contributed by atoms with Gasteiger partial charge in [-0.05, 0) is 151 Å². The van der Waals surface area contributed by atoms with Crippen molar-refractivity contribution in [3.05, 3.63) is 141 Å². The van der Waals surface area contributed by atoms with Crippen molar-refractivity contribution in [1.82, 2.24) is 0 Å². The summed E-state index contributed by atoms with van der Waals surface area (Å²) >= 11 is 0. The molecule has 0 saturated carbocycles. The van der Waals surface area contributed by atoms with E-state index in [1.54, 1.807) is 0 Å². The van der Waals surface area contributed by atoms with Gasteiger partial charge in [0.15, 0.2) is 0 Å². The fraction of sp³-hybridized carbons (Fsp3) is 0.388. The van der Waals surface area contributed by atoms with E-state index < -0.39 is 0 Å². The van der Waals surface area contributed by atoms with Crippen LogP contribution in [0.4, 0.5) is 0 Å². The van der Waals surface area contributed by atoms with Gasteiger partial charge in [0.1, 0.15) is 0 Å². The van der Waals surface area contributed by atoms with Crippen LogP contribution in [0.25, 0.3) is 33.4 Å². The first kappa shape index (κ1) is 45.1. The number of benzene rings is 5. The van der Waals surface area contributed by atoms with Crippen LogP contribution < -0.4 is 0 Å². The minimum Gasteiger partial charge on any atom is -0.0683 e. The quantitative estimate of drug-likeness (QED) is 0.176. The van der Waals surface area contributed by atoms with Crippen LogP contribution in [0.1, 0.15) is 125 Å². The Kier molecular flexibility index (Phi) is 21.6. The molecule has 0 bridgehead atoms. The molecular formula is C49H70. The Morgan fingerprint density at radius 2 is 0.490 bits per heavy atom. The van der Waals surface area contributed by atoms with E-state index in [0.717, 1.165) is 6.42 Å². The van der Waals surface area contributed by atoms with Crippen molar-refractivity contribution in [1.29, 1.82) is 0 Å². The van der Waals surface area contributed by atoms with Crippen molar-refractivity contribution in [2.45, 2.75) is 131 Å². The van der Waals surface area contributed by atoms with Gasteiger partial charge >= 0.3 is 0 Å². The molecule has 5 rings (SSSR count). The lowest BCUT2D eigenvalue weighted by Crippen LogP contribution is -2.08. The smallest absolute Gasteiger partial charge is 0.00149 e. The van der Waals surface area contributed by atoms with Crippen LogP contribution in [-0.4, -0.2) is 0 Å². The fourth-order valence-corrected chi connectivity index (χ4v) is 6.42. The molecule has 0 spiro atoms. The summed E-state index contributed by atoms with van der Waals surface area (Å²) in [4.78, 5) is 0. The molecule has 0 unspecified atom stereocenters. The van der Waals surface area contributed by atoms with E-state index in [1.165, 1.54) is 89.0 Å². The molecule has 0 atom stereocenters. The largest absolute Gasteiger partial charge is 0.0683 e. The Bertz CT molecular complexity index is 1590. The van der Waals surface area contributed by atoms with Crippen molar-refractivity contribution in [2.24, 2.45) is 0 Å². The lowest BCUT2D eigenvalue weighted by Gasteiger charge is -2.25. The molecule has 0 amide bonds. The SMILES string of the molecule is CC.CC.CC.CC.CC.Cc1c(C)c(-c2ccccc2)c(C)c(C)c1Cc1c(C)c(C)c(-c2ccc(-c3ccccc3)cc2)c(C)c1C. The number of rotatable bonds is 5. The molecule has 0 aliphatic rings. The van der Waals surface area contributed by atoms with Crippen LogP contribution in [0, 0.1) is 55.4 Å². The van der Waals surface area contributed by atoms with Crippen LogP contribution in [0.3, 0.4) is 0 Å². The van der Waals surface area contributed by atoms with Crippen LogP contribution in [-0.2, 0) is 6.42 Å². The van der Waals surface area contributed by atoms with E-state index in [9.17, 15) is 0 Å². The van der Waals surface area contributed by atoms with E-state index in [1.807, 2.05) is 69.2 Å². The predicted octanol–water partition coefficient (Wildman–Crippen LogP) is 15.9. The summed E-state index contributed by atoms with van der Waals surface area (Å²) in [6.07, 6.45) is 0.973. The second-order valence-electron chi connectivity index (χ2n) is 11.2. The highest BCUT2D eigenvalue weighted by atomic mass is 14.2. The Labute approximate surface area is 304 Å². The first-order valence-corrected chi connectivity index (χ1v) is 19.1. The fourth-order valence-electron chi connectivity index (χ4n) is 6.42. The zero-order chi connectivity index (χ0) is 37.8. The second kappa shape index (κ2) is 23.5. The second-order valence-corrected chi connectivity index (χ2v) is 11.2. The summed E-state index contributed by atoms with van der Waals surface area (Å²) in [6, 6.07) is 30.6. The minimum absolute atomic E-state index is 0.973. The molecule has 5 aromatic carbocycles. The molecule has 0 aromatic heterocycles. The molecule has 0 radical (unpaired) electrons. The maximum absolute atomic E-state index is 2.32. The van der Waals surface area contributed by atoms with E-state index in [2.05, 4.69) is 140 Å². The summed E-state index contributed by atoms with van der Waals surface area (Å²) < 4.78 is 0. The predicted molar refractivity (Wildman–Crippen MR) is 227 cm³/mol. The lowest BCUT2D eigenvalue weighted by molar-refractivity contribution is 1.04. The van der Waals surface area contributed by atoms with Gasteiger partial charge in [0.2, 0.25) is 0 Å². The minimum atomic E-state index is 0.973. The third-order valence-corrected chi connectivity index (χ3v) is 9.26. The van der Waals surface area contributed by atoms with E-state index in [4.69, 9.17) is 0 Å². The van der Waals surface area contributed by atoms with Gasteiger partial charge in [0.25, 0.3) is 0 Å². The van der Waals surface area contributed by atoms with Gasteiger partial charge in [-0.1, -0.05) is 154 Å². The zero-order valence-corrected chi connectivity index (χ0v) is 34.8. The van der Waals surface area contributed by atoms with Crippen molar-refractivity contribution in [2.75, 3.05) is 0 Å². The van der Waals surface area contributed by atoms with Gasteiger partial charge in [-0.25, -0.2) is 0 Å². The molecular weight excluding hydrogens is 589 g/mol. The Hall–Kier alpha value is -3.90. The lowest BCUT2D eigenvalue weighted by atomic mass is 9.80. The Balaban J connectivity index is 0.00000212. The summed E-state index contributed by atoms with van der Waals surface area (Å²) in [6.45, 7) is 38.5. The molecule has 0 N–H and O–H groups in total. The van der Waals surface area contributed by atoms with Crippen LogP contribution in [0.15, 0.2) is 84.9 Å². The van der Waals surface area contributed by atoms with Crippen molar-refractivity contribution >= 4 is 0 Å². The third-order valence-electron chi connectivity index (χ3n) is 9.26. The maximum atomic E-state index is 2.32. The van der Waals surface area contributed by atoms with Gasteiger partial charge < -0.3 is 0 Å². The average molecular weight is 659 g/mol. The topological polar surface area (TPSA) is 0 Å². The number of hydrogen-bond donors (Lipinski definition) is 0. The summed E-state index contributed by atoms with van der Waals surface area (Å²) in [7, 11) is 0. The summed E-state index contributed by atoms with van der Waals surface area (Å²) in [5.74, 6) is 0. The molecule has 0 heteroatoms. The highest BCUT2D eigenvalue weighted by Gasteiger charge is 2.21. The van der Waals surface area contributed by atoms with Crippen molar-refractivity contribution < 1.29 is 0 Å². The standard InChI is InChI=1S/C39H40.5C2H6/c1-24-28(5)38(34-17-13-10-14-18-34)29(6)25(2)36(24)23-37-26(3)30(7)39(31(8)27(37)4)35-21-19-33(20-22-35)32-15-11-9-12-16-32;5*1-2/h9-22H,23H2,1-8H3;5*1-2H3. The van der Waals surface area contributed by atoms with Gasteiger partial charge in [-0.3, -0.25) is 0 Å². The van der Waals surface area contributed by atoms with Gasteiger partial charge in [0.05, 0.1) is 0 Å². The Morgan fingerprint density at radius 1 is 0.265 bits per heavy atom. The Morgan fingerprint density at radius 3 is 0.796 bits per heavy atom. The molecule has 0 heterocycles. The number of hydrogen-bond acceptors (Lipinski definition) is 0. The molecule has 0 nitrogen and oxygen atoms in total. The van der Waals surface area contributed by atoms with Gasteiger partial charge in [-0.15, -0.1) is 0 Å². The molecule has 0 aliphatic heterocycles. The summed E-state index contributed by atoms with van der Waals surface area (Å²) in [5, 5.41) is 0. The van der Waals surface area contributed by atoms with E-state index in [-0.39, 0.29) is 0 Å². The van der Waals surface area contributed by atoms with Crippen LogP contribution in [0.2, 0.25) is 0 Å². The molecule has 0 aliphatic carbocycles. The van der Waals surface area contributed by atoms with Gasteiger partial charge in [-0.2, -0.15) is 0 Å². The first-order valence-electron chi connectivity index (χ1n) is 19.1. The van der Waals surface area contributed by atoms with Crippen molar-refractivity contribution in [3.63, 3.8) is 0 Å². The average Bonchev–Trinajstić information content (AvgIpc) is 3.18. The molecule has 0 fully saturated rings. The van der Waals surface area contributed by atoms with E-state index >= 15 is 0 Å². The normalized spacial score (nSPS) is 9.51. The monoisotopic (exact) mass is 659 g/mol. The van der Waals surface area contributed by atoms with Gasteiger partial charge in [0, 0.05) is 0 Å². The maximum Gasteiger partial charge on any atom is -0.00149 e. The van der Waals surface area contributed by atoms with Crippen LogP contribution in [0.5, 0.6) is 0 Å². The molecule has 0 saturated heterocycles. The first-order chi connectivity index (χ1) is 23.7. The molecule has 266 valence electrons. The molecule has 49 heavy (non-hydrogen) atoms. The molecule has 5 aromatic rings. The van der Waals surface area contributed by atoms with Crippen LogP contribution >= 0.6 is 0 Å².